The number of hydrogen-bond donors (Lipinski definition) is 0. The molecule has 0 N–H and O–H groups in total. The van der Waals surface area contributed by atoms with Crippen molar-refractivity contribution >= 4 is 5.91 Å². The molecule has 1 saturated carbocycles. The first-order valence-electron chi connectivity index (χ1n) is 8.33. The highest BCUT2D eigenvalue weighted by atomic mass is 16.5. The molecular weight excluding hydrogens is 290 g/mol. The summed E-state index contributed by atoms with van der Waals surface area (Å²) in [5.41, 5.74) is 1.66. The molecule has 0 radical (unpaired) electrons. The second kappa shape index (κ2) is 6.07. The van der Waals surface area contributed by atoms with Crippen molar-refractivity contribution in [2.75, 3.05) is 19.7 Å². The van der Waals surface area contributed by atoms with Crippen molar-refractivity contribution in [1.29, 1.82) is 0 Å². The summed E-state index contributed by atoms with van der Waals surface area (Å²) in [4.78, 5) is 14.5. The van der Waals surface area contributed by atoms with Gasteiger partial charge in [-0.15, -0.1) is 0 Å². The van der Waals surface area contributed by atoms with Crippen LogP contribution in [-0.4, -0.2) is 40.3 Å². The van der Waals surface area contributed by atoms with Gasteiger partial charge in [-0.05, 0) is 37.0 Å². The molecule has 0 atom stereocenters. The summed E-state index contributed by atoms with van der Waals surface area (Å²) in [6.45, 7) is 3.06. The quantitative estimate of drug-likeness (QED) is 0.823. The molecule has 0 bridgehead atoms. The highest BCUT2D eigenvalue weighted by Crippen LogP contribution is 2.30. The van der Waals surface area contributed by atoms with Crippen LogP contribution in [0.25, 0.3) is 0 Å². The SMILES string of the molecule is O=C1c2cc(CCOc3ccccc3)nn2CCN1CC1CC1. The van der Waals surface area contributed by atoms with Gasteiger partial charge in [0.15, 0.2) is 0 Å². The van der Waals surface area contributed by atoms with Crippen LogP contribution in [0.3, 0.4) is 0 Å². The van der Waals surface area contributed by atoms with Gasteiger partial charge in [0, 0.05) is 19.5 Å². The van der Waals surface area contributed by atoms with E-state index in [4.69, 9.17) is 4.74 Å². The Morgan fingerprint density at radius 2 is 2.00 bits per heavy atom. The number of fused-ring (bicyclic) bond motifs is 1. The summed E-state index contributed by atoms with van der Waals surface area (Å²) < 4.78 is 7.56. The van der Waals surface area contributed by atoms with Gasteiger partial charge in [-0.1, -0.05) is 18.2 Å². The third kappa shape index (κ3) is 3.23. The largest absolute Gasteiger partial charge is 0.493 e. The third-order valence-electron chi connectivity index (χ3n) is 4.46. The molecule has 1 aliphatic carbocycles. The number of aromatic nitrogens is 2. The Kier molecular flexibility index (Phi) is 3.77. The van der Waals surface area contributed by atoms with Gasteiger partial charge in [-0.2, -0.15) is 5.10 Å². The molecular formula is C18H21N3O2. The molecule has 0 saturated heterocycles. The highest BCUT2D eigenvalue weighted by Gasteiger charge is 2.31. The Bertz CT molecular complexity index is 692. The second-order valence-electron chi connectivity index (χ2n) is 6.35. The summed E-state index contributed by atoms with van der Waals surface area (Å²) >= 11 is 0. The van der Waals surface area contributed by atoms with E-state index in [0.717, 1.165) is 42.7 Å². The molecule has 23 heavy (non-hydrogen) atoms. The van der Waals surface area contributed by atoms with Crippen LogP contribution in [0.5, 0.6) is 5.75 Å². The van der Waals surface area contributed by atoms with Gasteiger partial charge < -0.3 is 9.64 Å². The van der Waals surface area contributed by atoms with Crippen LogP contribution in [-0.2, 0) is 13.0 Å². The Labute approximate surface area is 135 Å². The molecule has 0 unspecified atom stereocenters. The van der Waals surface area contributed by atoms with E-state index in [1.165, 1.54) is 12.8 Å². The van der Waals surface area contributed by atoms with Crippen LogP contribution in [0.4, 0.5) is 0 Å². The predicted octanol–water partition coefficient (Wildman–Crippen LogP) is 2.37. The van der Waals surface area contributed by atoms with Crippen molar-refractivity contribution in [2.45, 2.75) is 25.8 Å². The number of carbonyl (C=O) groups excluding carboxylic acids is 1. The van der Waals surface area contributed by atoms with Gasteiger partial charge in [-0.25, -0.2) is 0 Å². The van der Waals surface area contributed by atoms with Gasteiger partial charge in [-0.3, -0.25) is 9.48 Å². The van der Waals surface area contributed by atoms with Crippen LogP contribution in [0.15, 0.2) is 36.4 Å². The molecule has 0 spiro atoms. The lowest BCUT2D eigenvalue weighted by atomic mass is 10.2. The van der Waals surface area contributed by atoms with Crippen LogP contribution < -0.4 is 4.74 Å². The average molecular weight is 311 g/mol. The molecule has 5 nitrogen and oxygen atoms in total. The minimum absolute atomic E-state index is 0.130. The number of nitrogens with zero attached hydrogens (tertiary/aromatic N) is 3. The Balaban J connectivity index is 1.37. The van der Waals surface area contributed by atoms with Crippen LogP contribution in [0.2, 0.25) is 0 Å². The maximum Gasteiger partial charge on any atom is 0.272 e. The van der Waals surface area contributed by atoms with Gasteiger partial charge in [0.25, 0.3) is 5.91 Å². The minimum Gasteiger partial charge on any atom is -0.493 e. The van der Waals surface area contributed by atoms with Gasteiger partial charge in [0.2, 0.25) is 0 Å². The van der Waals surface area contributed by atoms with E-state index in [2.05, 4.69) is 5.10 Å². The number of benzene rings is 1. The topological polar surface area (TPSA) is 47.4 Å². The Hall–Kier alpha value is -2.30. The molecule has 2 aliphatic rings. The number of carbonyl (C=O) groups is 1. The number of hydrogen-bond acceptors (Lipinski definition) is 3. The molecule has 2 heterocycles. The standard InChI is InChI=1S/C18H21N3O2/c22-18-17-12-15(8-11-23-16-4-2-1-3-5-16)19-21(17)10-9-20(18)13-14-6-7-14/h1-5,12,14H,6-11,13H2. The first kappa shape index (κ1) is 14.3. The summed E-state index contributed by atoms with van der Waals surface area (Å²) in [7, 11) is 0. The summed E-state index contributed by atoms with van der Waals surface area (Å²) in [6.07, 6.45) is 3.25. The number of ether oxygens (including phenoxy) is 1. The fraction of sp³-hybridized carbons (Fsp3) is 0.444. The Morgan fingerprint density at radius 3 is 2.78 bits per heavy atom. The smallest absolute Gasteiger partial charge is 0.272 e. The molecule has 2 aromatic rings. The molecule has 4 rings (SSSR count). The van der Waals surface area contributed by atoms with Gasteiger partial charge >= 0.3 is 0 Å². The highest BCUT2D eigenvalue weighted by molar-refractivity contribution is 5.93. The van der Waals surface area contributed by atoms with E-state index in [-0.39, 0.29) is 5.91 Å². The van der Waals surface area contributed by atoms with E-state index in [9.17, 15) is 4.79 Å². The van der Waals surface area contributed by atoms with Gasteiger partial charge in [0.1, 0.15) is 11.4 Å². The average Bonchev–Trinajstić information content (AvgIpc) is 3.29. The lowest BCUT2D eigenvalue weighted by Crippen LogP contribution is -2.41. The van der Waals surface area contributed by atoms with E-state index >= 15 is 0 Å². The lowest BCUT2D eigenvalue weighted by molar-refractivity contribution is 0.0689. The maximum absolute atomic E-state index is 12.5. The molecule has 1 amide bonds. The normalized spacial score (nSPS) is 17.2. The van der Waals surface area contributed by atoms with Crippen molar-refractivity contribution < 1.29 is 9.53 Å². The molecule has 5 heteroatoms. The van der Waals surface area contributed by atoms with E-state index < -0.39 is 0 Å². The van der Waals surface area contributed by atoms with Crippen molar-refractivity contribution in [3.63, 3.8) is 0 Å². The third-order valence-corrected chi connectivity index (χ3v) is 4.46. The first-order valence-corrected chi connectivity index (χ1v) is 8.33. The monoisotopic (exact) mass is 311 g/mol. The minimum atomic E-state index is 0.130. The summed E-state index contributed by atoms with van der Waals surface area (Å²) in [5.74, 6) is 1.72. The van der Waals surface area contributed by atoms with E-state index in [1.807, 2.05) is 46.0 Å². The second-order valence-corrected chi connectivity index (χ2v) is 6.35. The lowest BCUT2D eigenvalue weighted by Gasteiger charge is -2.27. The van der Waals surface area contributed by atoms with Crippen LogP contribution in [0, 0.1) is 5.92 Å². The van der Waals surface area contributed by atoms with Crippen molar-refractivity contribution in [3.8, 4) is 5.75 Å². The number of para-hydroxylation sites is 1. The fourth-order valence-corrected chi connectivity index (χ4v) is 2.99. The zero-order valence-corrected chi connectivity index (χ0v) is 13.1. The zero-order valence-electron chi connectivity index (χ0n) is 13.1. The molecule has 120 valence electrons. The first-order chi connectivity index (χ1) is 11.3. The fourth-order valence-electron chi connectivity index (χ4n) is 2.99. The van der Waals surface area contributed by atoms with E-state index in [0.29, 0.717) is 13.0 Å². The molecule has 1 aromatic carbocycles. The number of rotatable bonds is 6. The van der Waals surface area contributed by atoms with Crippen LogP contribution >= 0.6 is 0 Å². The van der Waals surface area contributed by atoms with Crippen molar-refractivity contribution in [1.82, 2.24) is 14.7 Å². The van der Waals surface area contributed by atoms with Crippen LogP contribution in [0.1, 0.15) is 29.0 Å². The molecule has 1 fully saturated rings. The number of amides is 1. The predicted molar refractivity (Wildman–Crippen MR) is 86.5 cm³/mol. The van der Waals surface area contributed by atoms with E-state index in [1.54, 1.807) is 0 Å². The Morgan fingerprint density at radius 1 is 1.17 bits per heavy atom. The maximum atomic E-state index is 12.5. The van der Waals surface area contributed by atoms with Crippen molar-refractivity contribution in [2.24, 2.45) is 5.92 Å². The molecule has 1 aromatic heterocycles. The summed E-state index contributed by atoms with van der Waals surface area (Å²) in [6, 6.07) is 11.7. The molecule has 1 aliphatic heterocycles. The van der Waals surface area contributed by atoms with Gasteiger partial charge in [0.05, 0.1) is 18.8 Å². The zero-order chi connectivity index (χ0) is 15.6. The van der Waals surface area contributed by atoms with Crippen molar-refractivity contribution in [3.05, 3.63) is 47.8 Å². The summed E-state index contributed by atoms with van der Waals surface area (Å²) in [5, 5.41) is 4.55.